The first-order valence-corrected chi connectivity index (χ1v) is 8.64. The molecule has 0 fully saturated rings. The highest BCUT2D eigenvalue weighted by atomic mass is 127. The Morgan fingerprint density at radius 2 is 1.90 bits per heavy atom. The van der Waals surface area contributed by atoms with Gasteiger partial charge < -0.3 is 5.73 Å². The van der Waals surface area contributed by atoms with Crippen molar-refractivity contribution in [3.05, 3.63) is 67.2 Å². The second-order valence-electron chi connectivity index (χ2n) is 5.49. The molecule has 0 aromatic heterocycles. The molecule has 2 aromatic carbocycles. The molecule has 0 radical (unpaired) electrons. The molecular weight excluding hydrogens is 425 g/mol. The van der Waals surface area contributed by atoms with Crippen LogP contribution in [0.25, 0.3) is 0 Å². The predicted octanol–water partition coefficient (Wildman–Crippen LogP) is 5.30. The second-order valence-corrected chi connectivity index (χ2v) is 7.56. The van der Waals surface area contributed by atoms with E-state index in [1.165, 1.54) is 20.3 Å². The van der Waals surface area contributed by atoms with Crippen molar-refractivity contribution in [1.29, 1.82) is 0 Å². The standard InChI is InChI=1S/C17H19BrIN/c1-11(2)8-12-4-3-5-13(9-12)17(20)15-10-14(18)6-7-16(15)19/h3-7,9-11,17H,8,20H2,1-2H3. The van der Waals surface area contributed by atoms with E-state index in [1.807, 2.05) is 6.07 Å². The molecule has 1 unspecified atom stereocenters. The van der Waals surface area contributed by atoms with Gasteiger partial charge in [-0.1, -0.05) is 54.0 Å². The molecule has 0 amide bonds. The highest BCUT2D eigenvalue weighted by molar-refractivity contribution is 14.1. The van der Waals surface area contributed by atoms with Crippen LogP contribution in [0, 0.1) is 9.49 Å². The summed E-state index contributed by atoms with van der Waals surface area (Å²) in [6.07, 6.45) is 1.09. The SMILES string of the molecule is CC(C)Cc1cccc(C(N)c2cc(Br)ccc2I)c1. The summed E-state index contributed by atoms with van der Waals surface area (Å²) in [5, 5.41) is 0. The topological polar surface area (TPSA) is 26.0 Å². The minimum atomic E-state index is -0.0773. The van der Waals surface area contributed by atoms with E-state index in [-0.39, 0.29) is 6.04 Å². The highest BCUT2D eigenvalue weighted by Crippen LogP contribution is 2.28. The monoisotopic (exact) mass is 443 g/mol. The van der Waals surface area contributed by atoms with Gasteiger partial charge >= 0.3 is 0 Å². The van der Waals surface area contributed by atoms with E-state index >= 15 is 0 Å². The predicted molar refractivity (Wildman–Crippen MR) is 97.9 cm³/mol. The van der Waals surface area contributed by atoms with Gasteiger partial charge in [0.2, 0.25) is 0 Å². The van der Waals surface area contributed by atoms with Crippen LogP contribution in [0.2, 0.25) is 0 Å². The fourth-order valence-corrected chi connectivity index (χ4v) is 3.37. The molecule has 2 N–H and O–H groups in total. The van der Waals surface area contributed by atoms with Crippen molar-refractivity contribution in [3.63, 3.8) is 0 Å². The van der Waals surface area contributed by atoms with Crippen LogP contribution in [0.5, 0.6) is 0 Å². The number of hydrogen-bond acceptors (Lipinski definition) is 1. The van der Waals surface area contributed by atoms with Crippen molar-refractivity contribution in [3.8, 4) is 0 Å². The molecular formula is C17H19BrIN. The van der Waals surface area contributed by atoms with Gasteiger partial charge in [-0.2, -0.15) is 0 Å². The summed E-state index contributed by atoms with van der Waals surface area (Å²) in [6.45, 7) is 4.48. The lowest BCUT2D eigenvalue weighted by Gasteiger charge is -2.16. The van der Waals surface area contributed by atoms with Gasteiger partial charge in [0.25, 0.3) is 0 Å². The van der Waals surface area contributed by atoms with E-state index < -0.39 is 0 Å². The number of nitrogens with two attached hydrogens (primary N) is 1. The van der Waals surface area contributed by atoms with E-state index in [2.05, 4.69) is 88.8 Å². The zero-order valence-electron chi connectivity index (χ0n) is 11.7. The molecule has 0 aliphatic heterocycles. The lowest BCUT2D eigenvalue weighted by atomic mass is 9.95. The molecule has 0 aliphatic rings. The van der Waals surface area contributed by atoms with E-state index in [1.54, 1.807) is 0 Å². The Bertz CT molecular complexity index is 595. The lowest BCUT2D eigenvalue weighted by molar-refractivity contribution is 0.646. The molecule has 0 saturated carbocycles. The summed E-state index contributed by atoms with van der Waals surface area (Å²) in [4.78, 5) is 0. The minimum absolute atomic E-state index is 0.0773. The first-order chi connectivity index (χ1) is 9.47. The molecule has 3 heteroatoms. The maximum Gasteiger partial charge on any atom is 0.0562 e. The quantitative estimate of drug-likeness (QED) is 0.637. The molecule has 106 valence electrons. The maximum absolute atomic E-state index is 6.46. The zero-order chi connectivity index (χ0) is 14.7. The van der Waals surface area contributed by atoms with Crippen molar-refractivity contribution < 1.29 is 0 Å². The number of benzene rings is 2. The first kappa shape index (κ1) is 16.0. The largest absolute Gasteiger partial charge is 0.320 e. The van der Waals surface area contributed by atoms with E-state index in [9.17, 15) is 0 Å². The van der Waals surface area contributed by atoms with Crippen LogP contribution < -0.4 is 5.73 Å². The van der Waals surface area contributed by atoms with Gasteiger partial charge in [-0.05, 0) is 69.8 Å². The van der Waals surface area contributed by atoms with Crippen molar-refractivity contribution in [2.45, 2.75) is 26.3 Å². The summed E-state index contributed by atoms with van der Waals surface area (Å²) in [5.74, 6) is 0.660. The molecule has 0 spiro atoms. The van der Waals surface area contributed by atoms with Crippen LogP contribution in [0.1, 0.15) is 36.6 Å². The maximum atomic E-state index is 6.46. The Morgan fingerprint density at radius 1 is 1.15 bits per heavy atom. The Kier molecular flexibility index (Phi) is 5.64. The third-order valence-corrected chi connectivity index (χ3v) is 4.72. The Hall–Kier alpha value is -0.390. The summed E-state index contributed by atoms with van der Waals surface area (Å²) in [7, 11) is 0. The fraction of sp³-hybridized carbons (Fsp3) is 0.294. The van der Waals surface area contributed by atoms with Gasteiger partial charge in [-0.25, -0.2) is 0 Å². The summed E-state index contributed by atoms with van der Waals surface area (Å²) < 4.78 is 2.27. The van der Waals surface area contributed by atoms with Crippen LogP contribution in [0.4, 0.5) is 0 Å². The number of hydrogen-bond donors (Lipinski definition) is 1. The average molecular weight is 444 g/mol. The van der Waals surface area contributed by atoms with Crippen LogP contribution in [-0.4, -0.2) is 0 Å². The summed E-state index contributed by atoms with van der Waals surface area (Å²) in [5.41, 5.74) is 10.2. The van der Waals surface area contributed by atoms with Gasteiger partial charge in [-0.15, -0.1) is 0 Å². The average Bonchev–Trinajstić information content (AvgIpc) is 2.40. The third kappa shape index (κ3) is 4.06. The third-order valence-electron chi connectivity index (χ3n) is 3.25. The van der Waals surface area contributed by atoms with Crippen molar-refractivity contribution in [1.82, 2.24) is 0 Å². The Labute approximate surface area is 143 Å². The molecule has 1 atom stereocenters. The van der Waals surface area contributed by atoms with Crippen LogP contribution >= 0.6 is 38.5 Å². The molecule has 0 saturated heterocycles. The normalized spacial score (nSPS) is 12.7. The smallest absolute Gasteiger partial charge is 0.0562 e. The summed E-state index contributed by atoms with van der Waals surface area (Å²) in [6, 6.07) is 14.8. The number of halogens is 2. The van der Waals surface area contributed by atoms with Gasteiger partial charge in [0, 0.05) is 8.04 Å². The van der Waals surface area contributed by atoms with E-state index in [0.29, 0.717) is 5.92 Å². The molecule has 2 aromatic rings. The molecule has 0 bridgehead atoms. The van der Waals surface area contributed by atoms with Gasteiger partial charge in [0.05, 0.1) is 6.04 Å². The van der Waals surface area contributed by atoms with Crippen LogP contribution in [-0.2, 0) is 6.42 Å². The molecule has 1 nitrogen and oxygen atoms in total. The molecule has 20 heavy (non-hydrogen) atoms. The number of rotatable bonds is 4. The van der Waals surface area contributed by atoms with Crippen LogP contribution in [0.3, 0.4) is 0 Å². The Balaban J connectivity index is 2.33. The fourth-order valence-electron chi connectivity index (χ4n) is 2.32. The molecule has 0 heterocycles. The van der Waals surface area contributed by atoms with Crippen LogP contribution in [0.15, 0.2) is 46.9 Å². The molecule has 0 aliphatic carbocycles. The van der Waals surface area contributed by atoms with Gasteiger partial charge in [0.1, 0.15) is 0 Å². The van der Waals surface area contributed by atoms with Crippen molar-refractivity contribution >= 4 is 38.5 Å². The first-order valence-electron chi connectivity index (χ1n) is 6.76. The van der Waals surface area contributed by atoms with Crippen molar-refractivity contribution in [2.75, 3.05) is 0 Å². The zero-order valence-corrected chi connectivity index (χ0v) is 15.5. The van der Waals surface area contributed by atoms with E-state index in [0.717, 1.165) is 10.9 Å². The van der Waals surface area contributed by atoms with E-state index in [4.69, 9.17) is 5.73 Å². The van der Waals surface area contributed by atoms with Crippen molar-refractivity contribution in [2.24, 2.45) is 11.7 Å². The second kappa shape index (κ2) is 7.05. The van der Waals surface area contributed by atoms with Gasteiger partial charge in [0.15, 0.2) is 0 Å². The summed E-state index contributed by atoms with van der Waals surface area (Å²) >= 11 is 5.87. The van der Waals surface area contributed by atoms with Gasteiger partial charge in [-0.3, -0.25) is 0 Å². The minimum Gasteiger partial charge on any atom is -0.320 e. The highest BCUT2D eigenvalue weighted by Gasteiger charge is 2.13. The lowest BCUT2D eigenvalue weighted by Crippen LogP contribution is -2.13. The molecule has 2 rings (SSSR count). The Morgan fingerprint density at radius 3 is 2.60 bits per heavy atom.